The fourth-order valence-corrected chi connectivity index (χ4v) is 4.38. The van der Waals surface area contributed by atoms with Gasteiger partial charge in [0.05, 0.1) is 19.9 Å². The number of anilines is 1. The average molecular weight is 434 g/mol. The molecular formula is C15H20BrN3O3S2. The molecule has 0 aliphatic carbocycles. The van der Waals surface area contributed by atoms with E-state index in [1.807, 2.05) is 0 Å². The van der Waals surface area contributed by atoms with Crippen LogP contribution in [0.5, 0.6) is 0 Å². The SMILES string of the molecule is CCCCC(Br)C(=O)Nc1nc2ccc(S(=O)(=O)N(C)C)cc2s1. The molecule has 0 radical (unpaired) electrons. The first-order valence-corrected chi connectivity index (χ1v) is 10.7. The van der Waals surface area contributed by atoms with Crippen LogP contribution in [0.3, 0.4) is 0 Å². The van der Waals surface area contributed by atoms with Gasteiger partial charge >= 0.3 is 0 Å². The second-order valence-corrected chi connectivity index (χ2v) is 9.82. The predicted molar refractivity (Wildman–Crippen MR) is 101 cm³/mol. The lowest BCUT2D eigenvalue weighted by molar-refractivity contribution is -0.115. The average Bonchev–Trinajstić information content (AvgIpc) is 2.93. The van der Waals surface area contributed by atoms with Crippen LogP contribution in [0.1, 0.15) is 26.2 Å². The zero-order valence-electron chi connectivity index (χ0n) is 13.7. The molecule has 1 aromatic heterocycles. The molecule has 0 aliphatic rings. The standard InChI is InChI=1S/C15H20BrN3O3S2/c1-4-5-6-11(16)14(20)18-15-17-12-8-7-10(9-13(12)23-15)24(21,22)19(2)3/h7-9,11H,4-6H2,1-3H3,(H,17,18,20). The number of sulfonamides is 1. The number of alkyl halides is 1. The van der Waals surface area contributed by atoms with Crippen molar-refractivity contribution in [3.63, 3.8) is 0 Å². The van der Waals surface area contributed by atoms with E-state index in [0.29, 0.717) is 15.3 Å². The van der Waals surface area contributed by atoms with E-state index in [1.54, 1.807) is 12.1 Å². The molecule has 6 nitrogen and oxygen atoms in total. The number of halogens is 1. The third kappa shape index (κ3) is 4.33. The fourth-order valence-electron chi connectivity index (χ4n) is 2.03. The first-order chi connectivity index (χ1) is 11.3. The maximum Gasteiger partial charge on any atom is 0.242 e. The highest BCUT2D eigenvalue weighted by atomic mass is 79.9. The topological polar surface area (TPSA) is 79.4 Å². The van der Waals surface area contributed by atoms with Gasteiger partial charge in [-0.3, -0.25) is 4.79 Å². The van der Waals surface area contributed by atoms with Crippen molar-refractivity contribution < 1.29 is 13.2 Å². The van der Waals surface area contributed by atoms with Crippen LogP contribution in [0, 0.1) is 0 Å². The number of nitrogens with zero attached hydrogens (tertiary/aromatic N) is 2. The first-order valence-electron chi connectivity index (χ1n) is 7.53. The molecule has 24 heavy (non-hydrogen) atoms. The summed E-state index contributed by atoms with van der Waals surface area (Å²) in [6, 6.07) is 4.76. The molecule has 1 amide bonds. The number of unbranched alkanes of at least 4 members (excludes halogenated alkanes) is 1. The van der Waals surface area contributed by atoms with E-state index < -0.39 is 10.0 Å². The van der Waals surface area contributed by atoms with Crippen molar-refractivity contribution in [1.82, 2.24) is 9.29 Å². The molecule has 1 unspecified atom stereocenters. The van der Waals surface area contributed by atoms with Crippen molar-refractivity contribution in [1.29, 1.82) is 0 Å². The van der Waals surface area contributed by atoms with E-state index in [4.69, 9.17) is 0 Å². The Bertz CT molecular complexity index is 834. The van der Waals surface area contributed by atoms with Crippen LogP contribution < -0.4 is 5.32 Å². The number of thiazole rings is 1. The molecule has 0 saturated carbocycles. The summed E-state index contributed by atoms with van der Waals surface area (Å²) in [5.74, 6) is -0.136. The predicted octanol–water partition coefficient (Wildman–Crippen LogP) is 3.44. The van der Waals surface area contributed by atoms with E-state index in [2.05, 4.69) is 33.2 Å². The molecule has 1 N–H and O–H groups in total. The number of aromatic nitrogens is 1. The van der Waals surface area contributed by atoms with Crippen molar-refractivity contribution in [3.05, 3.63) is 18.2 Å². The minimum Gasteiger partial charge on any atom is -0.301 e. The molecule has 2 rings (SSSR count). The van der Waals surface area contributed by atoms with Gasteiger partial charge in [-0.2, -0.15) is 0 Å². The minimum atomic E-state index is -3.49. The third-order valence-electron chi connectivity index (χ3n) is 3.46. The number of rotatable bonds is 7. The molecule has 0 aliphatic heterocycles. The molecule has 0 spiro atoms. The molecule has 0 bridgehead atoms. The van der Waals surface area contributed by atoms with Gasteiger partial charge in [-0.05, 0) is 24.6 Å². The number of nitrogens with one attached hydrogen (secondary N) is 1. The van der Waals surface area contributed by atoms with Crippen LogP contribution in [0.25, 0.3) is 10.2 Å². The molecule has 2 aromatic rings. The Hall–Kier alpha value is -1.03. The van der Waals surface area contributed by atoms with Crippen LogP contribution in [0.4, 0.5) is 5.13 Å². The monoisotopic (exact) mass is 433 g/mol. The van der Waals surface area contributed by atoms with Crippen LogP contribution in [0.2, 0.25) is 0 Å². The molecular weight excluding hydrogens is 414 g/mol. The van der Waals surface area contributed by atoms with Gasteiger partial charge in [-0.1, -0.05) is 47.0 Å². The molecule has 1 atom stereocenters. The summed E-state index contributed by atoms with van der Waals surface area (Å²) in [5, 5.41) is 3.25. The second-order valence-electron chi connectivity index (χ2n) is 5.53. The van der Waals surface area contributed by atoms with Crippen molar-refractivity contribution in [2.75, 3.05) is 19.4 Å². The number of hydrogen-bond donors (Lipinski definition) is 1. The highest BCUT2D eigenvalue weighted by Crippen LogP contribution is 2.29. The summed E-state index contributed by atoms with van der Waals surface area (Å²) >= 11 is 4.64. The number of benzene rings is 1. The zero-order chi connectivity index (χ0) is 17.9. The van der Waals surface area contributed by atoms with E-state index in [0.717, 1.165) is 19.3 Å². The van der Waals surface area contributed by atoms with Crippen molar-refractivity contribution in [2.24, 2.45) is 0 Å². The van der Waals surface area contributed by atoms with Gasteiger partial charge in [0, 0.05) is 14.1 Å². The lowest BCUT2D eigenvalue weighted by atomic mass is 10.2. The summed E-state index contributed by atoms with van der Waals surface area (Å²) in [6.45, 7) is 2.07. The van der Waals surface area contributed by atoms with Gasteiger partial charge in [-0.15, -0.1) is 0 Å². The summed E-state index contributed by atoms with van der Waals surface area (Å²) in [4.78, 5) is 16.4. The van der Waals surface area contributed by atoms with E-state index in [1.165, 1.54) is 35.8 Å². The van der Waals surface area contributed by atoms with Crippen LogP contribution in [0.15, 0.2) is 23.1 Å². The van der Waals surface area contributed by atoms with Gasteiger partial charge in [0.2, 0.25) is 15.9 Å². The highest BCUT2D eigenvalue weighted by molar-refractivity contribution is 9.10. The Morgan fingerprint density at radius 2 is 2.12 bits per heavy atom. The highest BCUT2D eigenvalue weighted by Gasteiger charge is 2.19. The van der Waals surface area contributed by atoms with Gasteiger partial charge < -0.3 is 5.32 Å². The summed E-state index contributed by atoms with van der Waals surface area (Å²) in [6.07, 6.45) is 2.76. The molecule has 1 heterocycles. The Kier molecular flexibility index (Phi) is 6.35. The maximum atomic E-state index is 12.2. The minimum absolute atomic E-state index is 0.136. The lowest BCUT2D eigenvalue weighted by Gasteiger charge is -2.10. The first kappa shape index (κ1) is 19.3. The maximum absolute atomic E-state index is 12.2. The number of amides is 1. The van der Waals surface area contributed by atoms with Crippen molar-refractivity contribution >= 4 is 58.5 Å². The largest absolute Gasteiger partial charge is 0.301 e. The molecule has 132 valence electrons. The Labute approximate surface area is 154 Å². The quantitative estimate of drug-likeness (QED) is 0.678. The molecule has 9 heteroatoms. The lowest BCUT2D eigenvalue weighted by Crippen LogP contribution is -2.22. The summed E-state index contributed by atoms with van der Waals surface area (Å²) in [5.41, 5.74) is 0.660. The van der Waals surface area contributed by atoms with Crippen LogP contribution in [-0.4, -0.2) is 42.5 Å². The molecule has 0 fully saturated rings. The summed E-state index contributed by atoms with van der Waals surface area (Å²) < 4.78 is 26.3. The second kappa shape index (κ2) is 7.90. The molecule has 0 saturated heterocycles. The number of fused-ring (bicyclic) bond motifs is 1. The van der Waals surface area contributed by atoms with E-state index >= 15 is 0 Å². The Balaban J connectivity index is 2.21. The zero-order valence-corrected chi connectivity index (χ0v) is 17.0. The molecule has 1 aromatic carbocycles. The van der Waals surface area contributed by atoms with Crippen LogP contribution in [-0.2, 0) is 14.8 Å². The smallest absolute Gasteiger partial charge is 0.242 e. The number of hydrogen-bond acceptors (Lipinski definition) is 5. The van der Waals surface area contributed by atoms with E-state index in [-0.39, 0.29) is 15.6 Å². The number of carbonyl (C=O) groups excluding carboxylic acids is 1. The van der Waals surface area contributed by atoms with Crippen LogP contribution >= 0.6 is 27.3 Å². The van der Waals surface area contributed by atoms with Crippen molar-refractivity contribution in [3.8, 4) is 0 Å². The van der Waals surface area contributed by atoms with Gasteiger partial charge in [0.1, 0.15) is 0 Å². The normalized spacial score (nSPS) is 13.4. The van der Waals surface area contributed by atoms with Gasteiger partial charge in [0.15, 0.2) is 5.13 Å². The third-order valence-corrected chi connectivity index (χ3v) is 7.08. The fraction of sp³-hybridized carbons (Fsp3) is 0.467. The van der Waals surface area contributed by atoms with Gasteiger partial charge in [0.25, 0.3) is 0 Å². The summed E-state index contributed by atoms with van der Waals surface area (Å²) in [7, 11) is -0.508. The Morgan fingerprint density at radius 1 is 1.42 bits per heavy atom. The Morgan fingerprint density at radius 3 is 2.75 bits per heavy atom. The van der Waals surface area contributed by atoms with E-state index in [9.17, 15) is 13.2 Å². The number of carbonyl (C=O) groups is 1. The van der Waals surface area contributed by atoms with Gasteiger partial charge in [-0.25, -0.2) is 17.7 Å². The van der Waals surface area contributed by atoms with Crippen molar-refractivity contribution in [2.45, 2.75) is 35.9 Å².